The Labute approximate surface area is 161 Å². The van der Waals surface area contributed by atoms with E-state index < -0.39 is 0 Å². The Balaban J connectivity index is 1.69. The molecular weight excluding hydrogens is 368 g/mol. The predicted octanol–water partition coefficient (Wildman–Crippen LogP) is 5.18. The number of carbonyl (C=O) groups excluding carboxylic acids is 1. The Bertz CT molecular complexity index is 895. The average molecular weight is 387 g/mol. The van der Waals surface area contributed by atoms with Crippen molar-refractivity contribution < 1.29 is 9.53 Å². The molecule has 0 radical (unpaired) electrons. The fourth-order valence-corrected chi connectivity index (χ4v) is 3.36. The van der Waals surface area contributed by atoms with Crippen LogP contribution in [0.15, 0.2) is 53.9 Å². The van der Waals surface area contributed by atoms with E-state index in [2.05, 4.69) is 10.3 Å². The lowest BCUT2D eigenvalue weighted by atomic mass is 10.2. The minimum absolute atomic E-state index is 0.136. The summed E-state index contributed by atoms with van der Waals surface area (Å²) in [5, 5.41) is 6.10. The lowest BCUT2D eigenvalue weighted by Crippen LogP contribution is -2.24. The fourth-order valence-electron chi connectivity index (χ4n) is 2.35. The van der Waals surface area contributed by atoms with E-state index in [0.717, 1.165) is 28.3 Å². The van der Waals surface area contributed by atoms with E-state index in [0.29, 0.717) is 23.9 Å². The molecule has 4 nitrogen and oxygen atoms in total. The molecule has 0 aliphatic rings. The zero-order chi connectivity index (χ0) is 18.4. The summed E-state index contributed by atoms with van der Waals surface area (Å²) in [7, 11) is 0. The van der Waals surface area contributed by atoms with Gasteiger partial charge in [-0.15, -0.1) is 11.3 Å². The van der Waals surface area contributed by atoms with E-state index in [1.807, 2.05) is 55.5 Å². The normalized spacial score (nSPS) is 10.5. The molecule has 0 unspecified atom stereocenters. The van der Waals surface area contributed by atoms with Crippen LogP contribution in [0.25, 0.3) is 10.6 Å². The van der Waals surface area contributed by atoms with Gasteiger partial charge in [0.25, 0.3) is 5.91 Å². The standard InChI is InChI=1S/C20H19ClN2O2S/c1-2-9-22-19(24)18-13-26-20(23-18)15-6-4-8-17(11-15)25-12-14-5-3-7-16(21)10-14/h3-8,10-11,13H,2,9,12H2,1H3,(H,22,24). The molecule has 26 heavy (non-hydrogen) atoms. The quantitative estimate of drug-likeness (QED) is 0.608. The molecule has 1 amide bonds. The first-order chi connectivity index (χ1) is 12.7. The molecule has 0 spiro atoms. The minimum atomic E-state index is -0.136. The van der Waals surface area contributed by atoms with Gasteiger partial charge in [-0.25, -0.2) is 4.98 Å². The number of hydrogen-bond acceptors (Lipinski definition) is 4. The highest BCUT2D eigenvalue weighted by molar-refractivity contribution is 7.13. The number of rotatable bonds is 7. The van der Waals surface area contributed by atoms with Crippen molar-refractivity contribution in [3.8, 4) is 16.3 Å². The Hall–Kier alpha value is -2.37. The molecule has 3 rings (SSSR count). The van der Waals surface area contributed by atoms with Crippen LogP contribution < -0.4 is 10.1 Å². The third kappa shape index (κ3) is 4.84. The van der Waals surface area contributed by atoms with E-state index in [1.54, 1.807) is 5.38 Å². The molecule has 2 aromatic carbocycles. The molecule has 1 heterocycles. The Kier molecular flexibility index (Phi) is 6.26. The van der Waals surface area contributed by atoms with Gasteiger partial charge in [-0.2, -0.15) is 0 Å². The highest BCUT2D eigenvalue weighted by atomic mass is 35.5. The van der Waals surface area contributed by atoms with Gasteiger partial charge in [-0.05, 0) is 36.2 Å². The Morgan fingerprint density at radius 3 is 2.88 bits per heavy atom. The molecule has 1 aromatic heterocycles. The van der Waals surface area contributed by atoms with E-state index in [1.165, 1.54) is 11.3 Å². The van der Waals surface area contributed by atoms with Crippen molar-refractivity contribution in [2.24, 2.45) is 0 Å². The topological polar surface area (TPSA) is 51.2 Å². The number of carbonyl (C=O) groups is 1. The second kappa shape index (κ2) is 8.83. The van der Waals surface area contributed by atoms with Crippen LogP contribution in [0, 0.1) is 0 Å². The van der Waals surface area contributed by atoms with E-state index >= 15 is 0 Å². The zero-order valence-electron chi connectivity index (χ0n) is 14.4. The van der Waals surface area contributed by atoms with Crippen molar-refractivity contribution in [1.82, 2.24) is 10.3 Å². The van der Waals surface area contributed by atoms with Gasteiger partial charge in [0.1, 0.15) is 23.1 Å². The highest BCUT2D eigenvalue weighted by Crippen LogP contribution is 2.27. The maximum absolute atomic E-state index is 12.0. The van der Waals surface area contributed by atoms with Gasteiger partial charge in [-0.3, -0.25) is 4.79 Å². The van der Waals surface area contributed by atoms with Crippen molar-refractivity contribution in [3.05, 3.63) is 70.2 Å². The summed E-state index contributed by atoms with van der Waals surface area (Å²) in [6, 6.07) is 15.3. The fraction of sp³-hybridized carbons (Fsp3) is 0.200. The number of ether oxygens (including phenoxy) is 1. The number of nitrogens with one attached hydrogen (secondary N) is 1. The second-order valence-corrected chi connectivity index (χ2v) is 7.03. The lowest BCUT2D eigenvalue weighted by molar-refractivity contribution is 0.0949. The SMILES string of the molecule is CCCNC(=O)c1csc(-c2cccc(OCc3cccc(Cl)c3)c2)n1. The summed E-state index contributed by atoms with van der Waals surface area (Å²) in [6.45, 7) is 3.10. The van der Waals surface area contributed by atoms with Gasteiger partial charge in [0.2, 0.25) is 0 Å². The van der Waals surface area contributed by atoms with Crippen molar-refractivity contribution in [1.29, 1.82) is 0 Å². The van der Waals surface area contributed by atoms with Gasteiger partial charge >= 0.3 is 0 Å². The Morgan fingerprint density at radius 2 is 2.08 bits per heavy atom. The van der Waals surface area contributed by atoms with Crippen molar-refractivity contribution in [2.75, 3.05) is 6.54 Å². The molecule has 0 saturated carbocycles. The first-order valence-electron chi connectivity index (χ1n) is 8.37. The van der Waals surface area contributed by atoms with Gasteiger partial charge in [0, 0.05) is 22.5 Å². The number of halogens is 1. The third-order valence-electron chi connectivity index (χ3n) is 3.65. The van der Waals surface area contributed by atoms with Crippen LogP contribution in [-0.4, -0.2) is 17.4 Å². The molecule has 0 aliphatic carbocycles. The van der Waals surface area contributed by atoms with Crippen molar-refractivity contribution in [2.45, 2.75) is 20.0 Å². The summed E-state index contributed by atoms with van der Waals surface area (Å²) >= 11 is 7.44. The number of aromatic nitrogens is 1. The van der Waals surface area contributed by atoms with Crippen molar-refractivity contribution >= 4 is 28.8 Å². The minimum Gasteiger partial charge on any atom is -0.489 e. The average Bonchev–Trinajstić information content (AvgIpc) is 3.15. The van der Waals surface area contributed by atoms with Gasteiger partial charge < -0.3 is 10.1 Å². The number of nitrogens with zero attached hydrogens (tertiary/aromatic N) is 1. The maximum atomic E-state index is 12.0. The summed E-state index contributed by atoms with van der Waals surface area (Å²) < 4.78 is 5.86. The molecule has 0 aliphatic heterocycles. The van der Waals surface area contributed by atoms with Gasteiger partial charge in [0.15, 0.2) is 0 Å². The van der Waals surface area contributed by atoms with Gasteiger partial charge in [-0.1, -0.05) is 42.8 Å². The van der Waals surface area contributed by atoms with Crippen molar-refractivity contribution in [3.63, 3.8) is 0 Å². The zero-order valence-corrected chi connectivity index (χ0v) is 15.9. The van der Waals surface area contributed by atoms with E-state index in [4.69, 9.17) is 16.3 Å². The lowest BCUT2D eigenvalue weighted by Gasteiger charge is -2.07. The summed E-state index contributed by atoms with van der Waals surface area (Å²) in [5.74, 6) is 0.609. The van der Waals surface area contributed by atoms with Crippen LogP contribution in [0.2, 0.25) is 5.02 Å². The predicted molar refractivity (Wildman–Crippen MR) is 106 cm³/mol. The van der Waals surface area contributed by atoms with Crippen LogP contribution in [0.3, 0.4) is 0 Å². The smallest absolute Gasteiger partial charge is 0.270 e. The van der Waals surface area contributed by atoms with E-state index in [-0.39, 0.29) is 5.91 Å². The molecule has 0 bridgehead atoms. The molecule has 0 saturated heterocycles. The second-order valence-electron chi connectivity index (χ2n) is 5.74. The number of benzene rings is 2. The summed E-state index contributed by atoms with van der Waals surface area (Å²) in [6.07, 6.45) is 0.898. The molecule has 0 atom stereocenters. The number of amides is 1. The van der Waals surface area contributed by atoms with E-state index in [9.17, 15) is 4.79 Å². The van der Waals surface area contributed by atoms with Crippen LogP contribution in [-0.2, 0) is 6.61 Å². The molecule has 6 heteroatoms. The largest absolute Gasteiger partial charge is 0.489 e. The van der Waals surface area contributed by atoms with Crippen LogP contribution >= 0.6 is 22.9 Å². The molecule has 0 fully saturated rings. The number of thiazole rings is 1. The molecular formula is C20H19ClN2O2S. The number of hydrogen-bond donors (Lipinski definition) is 1. The van der Waals surface area contributed by atoms with Crippen LogP contribution in [0.4, 0.5) is 0 Å². The first-order valence-corrected chi connectivity index (χ1v) is 9.63. The highest BCUT2D eigenvalue weighted by Gasteiger charge is 2.11. The van der Waals surface area contributed by atoms with Crippen LogP contribution in [0.5, 0.6) is 5.75 Å². The van der Waals surface area contributed by atoms with Gasteiger partial charge in [0.05, 0.1) is 0 Å². The summed E-state index contributed by atoms with van der Waals surface area (Å²) in [4.78, 5) is 16.4. The first kappa shape index (κ1) is 18.4. The maximum Gasteiger partial charge on any atom is 0.270 e. The molecule has 3 aromatic rings. The monoisotopic (exact) mass is 386 g/mol. The van der Waals surface area contributed by atoms with Crippen LogP contribution in [0.1, 0.15) is 29.4 Å². The summed E-state index contributed by atoms with van der Waals surface area (Å²) in [5.41, 5.74) is 2.38. The Morgan fingerprint density at radius 1 is 1.23 bits per heavy atom. The molecule has 134 valence electrons. The third-order valence-corrected chi connectivity index (χ3v) is 4.77. The molecule has 1 N–H and O–H groups in total.